The number of carbonyl (C=O) groups is 1. The quantitative estimate of drug-likeness (QED) is 0.569. The fraction of sp³-hybridized carbons (Fsp3) is 0.600. The van der Waals surface area contributed by atoms with E-state index >= 15 is 0 Å². The molecule has 1 saturated carbocycles. The summed E-state index contributed by atoms with van der Waals surface area (Å²) in [7, 11) is 0. The molecule has 1 aliphatic carbocycles. The minimum atomic E-state index is -0.0930. The number of anilines is 1. The number of nitrogens with two attached hydrogens (primary N) is 1. The molecule has 0 aliphatic heterocycles. The van der Waals surface area contributed by atoms with E-state index in [0.29, 0.717) is 11.3 Å². The van der Waals surface area contributed by atoms with Crippen molar-refractivity contribution in [2.45, 2.75) is 39.0 Å². The van der Waals surface area contributed by atoms with Gasteiger partial charge in [-0.1, -0.05) is 32.6 Å². The molecule has 20 heavy (non-hydrogen) atoms. The molecule has 1 aliphatic rings. The van der Waals surface area contributed by atoms with Gasteiger partial charge in [0.05, 0.1) is 17.4 Å². The van der Waals surface area contributed by atoms with Gasteiger partial charge < -0.3 is 10.7 Å². The van der Waals surface area contributed by atoms with E-state index < -0.39 is 0 Å². The first-order valence-electron chi connectivity index (χ1n) is 7.39. The van der Waals surface area contributed by atoms with Gasteiger partial charge in [-0.25, -0.2) is 0 Å². The van der Waals surface area contributed by atoms with Crippen molar-refractivity contribution in [1.29, 1.82) is 0 Å². The third-order valence-corrected chi connectivity index (χ3v) is 4.19. The summed E-state index contributed by atoms with van der Waals surface area (Å²) in [5, 5.41) is 2.97. The Labute approximate surface area is 120 Å². The van der Waals surface area contributed by atoms with Crippen LogP contribution < -0.4 is 16.6 Å². The normalized spacial score (nSPS) is 22.3. The van der Waals surface area contributed by atoms with Gasteiger partial charge in [-0.15, -0.1) is 0 Å². The molecule has 1 amide bonds. The van der Waals surface area contributed by atoms with E-state index in [1.807, 2.05) is 0 Å². The Morgan fingerprint density at radius 1 is 1.40 bits per heavy atom. The number of hydrazine groups is 1. The fourth-order valence-electron chi connectivity index (χ4n) is 2.81. The summed E-state index contributed by atoms with van der Waals surface area (Å²) >= 11 is 0. The minimum Gasteiger partial charge on any atom is -0.352 e. The van der Waals surface area contributed by atoms with Crippen LogP contribution >= 0.6 is 0 Å². The third kappa shape index (κ3) is 3.93. The predicted octanol–water partition coefficient (Wildman–Crippen LogP) is 2.31. The van der Waals surface area contributed by atoms with Crippen molar-refractivity contribution in [2.75, 3.05) is 12.0 Å². The highest BCUT2D eigenvalue weighted by Gasteiger charge is 2.18. The van der Waals surface area contributed by atoms with E-state index in [1.54, 1.807) is 18.5 Å². The monoisotopic (exact) mass is 276 g/mol. The lowest BCUT2D eigenvalue weighted by atomic mass is 9.81. The molecule has 1 fully saturated rings. The van der Waals surface area contributed by atoms with Gasteiger partial charge in [0.2, 0.25) is 0 Å². The molecule has 2 rings (SSSR count). The Morgan fingerprint density at radius 3 is 2.85 bits per heavy atom. The molecule has 0 unspecified atom stereocenters. The highest BCUT2D eigenvalue weighted by molar-refractivity contribution is 5.99. The van der Waals surface area contributed by atoms with Crippen molar-refractivity contribution in [3.8, 4) is 0 Å². The molecule has 0 bridgehead atoms. The summed E-state index contributed by atoms with van der Waals surface area (Å²) in [6.07, 6.45) is 9.45. The topological polar surface area (TPSA) is 80.0 Å². The van der Waals surface area contributed by atoms with Crippen LogP contribution in [0.15, 0.2) is 18.5 Å². The molecule has 0 saturated heterocycles. The molecule has 1 aromatic rings. The van der Waals surface area contributed by atoms with Gasteiger partial charge >= 0.3 is 0 Å². The smallest absolute Gasteiger partial charge is 0.253 e. The standard InChI is InChI=1S/C15H24N4O/c1-11-2-4-12(5-3-11)6-9-18-15(20)13-7-8-17-10-14(13)19-16/h7-8,10-12,19H,2-6,9,16H2,1H3,(H,18,20). The number of nitrogen functional groups attached to an aromatic ring is 1. The molecule has 0 atom stereocenters. The van der Waals surface area contributed by atoms with E-state index in [0.717, 1.165) is 24.8 Å². The van der Waals surface area contributed by atoms with Gasteiger partial charge in [-0.05, 0) is 24.3 Å². The highest BCUT2D eigenvalue weighted by Crippen LogP contribution is 2.29. The lowest BCUT2D eigenvalue weighted by Crippen LogP contribution is -2.28. The lowest BCUT2D eigenvalue weighted by Gasteiger charge is -2.26. The zero-order valence-corrected chi connectivity index (χ0v) is 12.1. The van der Waals surface area contributed by atoms with Crippen LogP contribution in [0.2, 0.25) is 0 Å². The van der Waals surface area contributed by atoms with Gasteiger partial charge in [-0.3, -0.25) is 15.6 Å². The van der Waals surface area contributed by atoms with Crippen LogP contribution in [-0.2, 0) is 0 Å². The van der Waals surface area contributed by atoms with E-state index in [1.165, 1.54) is 25.7 Å². The van der Waals surface area contributed by atoms with Crippen LogP contribution in [-0.4, -0.2) is 17.4 Å². The highest BCUT2D eigenvalue weighted by atomic mass is 16.1. The minimum absolute atomic E-state index is 0.0930. The van der Waals surface area contributed by atoms with Crippen LogP contribution in [0.5, 0.6) is 0 Å². The fourth-order valence-corrected chi connectivity index (χ4v) is 2.81. The van der Waals surface area contributed by atoms with Gasteiger partial charge in [0.25, 0.3) is 5.91 Å². The van der Waals surface area contributed by atoms with Crippen LogP contribution in [0.25, 0.3) is 0 Å². The summed E-state index contributed by atoms with van der Waals surface area (Å²) < 4.78 is 0. The molecule has 1 aromatic heterocycles. The first-order chi connectivity index (χ1) is 9.70. The maximum atomic E-state index is 12.1. The van der Waals surface area contributed by atoms with Crippen molar-refractivity contribution in [3.63, 3.8) is 0 Å². The van der Waals surface area contributed by atoms with Crippen LogP contribution in [0, 0.1) is 11.8 Å². The van der Waals surface area contributed by atoms with Crippen molar-refractivity contribution >= 4 is 11.6 Å². The van der Waals surface area contributed by atoms with Crippen LogP contribution in [0.3, 0.4) is 0 Å². The molecular formula is C15H24N4O. The summed E-state index contributed by atoms with van der Waals surface area (Å²) in [5.41, 5.74) is 3.59. The first-order valence-corrected chi connectivity index (χ1v) is 7.39. The molecule has 5 heteroatoms. The molecule has 110 valence electrons. The van der Waals surface area contributed by atoms with Crippen molar-refractivity contribution in [3.05, 3.63) is 24.0 Å². The Hall–Kier alpha value is -1.62. The number of amides is 1. The van der Waals surface area contributed by atoms with Crippen molar-refractivity contribution in [1.82, 2.24) is 10.3 Å². The maximum absolute atomic E-state index is 12.1. The van der Waals surface area contributed by atoms with Gasteiger partial charge in [0.15, 0.2) is 0 Å². The zero-order valence-electron chi connectivity index (χ0n) is 12.1. The van der Waals surface area contributed by atoms with Gasteiger partial charge in [0.1, 0.15) is 0 Å². The van der Waals surface area contributed by atoms with Crippen LogP contribution in [0.1, 0.15) is 49.4 Å². The van der Waals surface area contributed by atoms with Crippen molar-refractivity contribution < 1.29 is 4.79 Å². The number of carbonyl (C=O) groups excluding carboxylic acids is 1. The molecule has 4 N–H and O–H groups in total. The van der Waals surface area contributed by atoms with Gasteiger partial charge in [0, 0.05) is 12.7 Å². The molecular weight excluding hydrogens is 252 g/mol. The SMILES string of the molecule is CC1CCC(CCNC(=O)c2ccncc2NN)CC1. The third-order valence-electron chi connectivity index (χ3n) is 4.19. The zero-order chi connectivity index (χ0) is 14.4. The summed E-state index contributed by atoms with van der Waals surface area (Å²) in [6, 6.07) is 1.67. The second-order valence-electron chi connectivity index (χ2n) is 5.74. The first kappa shape index (κ1) is 14.8. The van der Waals surface area contributed by atoms with E-state index in [2.05, 4.69) is 22.7 Å². The van der Waals surface area contributed by atoms with Crippen molar-refractivity contribution in [2.24, 2.45) is 17.7 Å². The number of nitrogens with one attached hydrogen (secondary N) is 2. The second-order valence-corrected chi connectivity index (χ2v) is 5.74. The number of rotatable bonds is 5. The number of aromatic nitrogens is 1. The van der Waals surface area contributed by atoms with Crippen LogP contribution in [0.4, 0.5) is 5.69 Å². The number of nitrogens with zero attached hydrogens (tertiary/aromatic N) is 1. The molecule has 0 radical (unpaired) electrons. The van der Waals surface area contributed by atoms with E-state index in [9.17, 15) is 4.79 Å². The molecule has 1 heterocycles. The van der Waals surface area contributed by atoms with Gasteiger partial charge in [-0.2, -0.15) is 0 Å². The summed E-state index contributed by atoms with van der Waals surface area (Å²) in [5.74, 6) is 6.92. The average Bonchev–Trinajstić information content (AvgIpc) is 2.49. The number of pyridine rings is 1. The maximum Gasteiger partial charge on any atom is 0.253 e. The Bertz CT molecular complexity index is 441. The molecule has 5 nitrogen and oxygen atoms in total. The Morgan fingerprint density at radius 2 is 2.15 bits per heavy atom. The van der Waals surface area contributed by atoms with E-state index in [-0.39, 0.29) is 5.91 Å². The van der Waals surface area contributed by atoms with E-state index in [4.69, 9.17) is 5.84 Å². The second kappa shape index (κ2) is 7.24. The summed E-state index contributed by atoms with van der Waals surface area (Å²) in [6.45, 7) is 3.05. The lowest BCUT2D eigenvalue weighted by molar-refractivity contribution is 0.0950. The average molecular weight is 276 g/mol. The number of hydrogen-bond donors (Lipinski definition) is 3. The number of hydrogen-bond acceptors (Lipinski definition) is 4. The molecule has 0 spiro atoms. The molecule has 0 aromatic carbocycles. The Kier molecular flexibility index (Phi) is 5.35. The summed E-state index contributed by atoms with van der Waals surface area (Å²) in [4.78, 5) is 16.0. The Balaban J connectivity index is 1.78. The predicted molar refractivity (Wildman–Crippen MR) is 80.1 cm³/mol. The largest absolute Gasteiger partial charge is 0.352 e.